The minimum absolute atomic E-state index is 0.0325. The number of halogens is 3. The summed E-state index contributed by atoms with van der Waals surface area (Å²) in [5.74, 6) is 0.354. The molecule has 0 saturated heterocycles. The zero-order chi connectivity index (χ0) is 21.0. The average molecular weight is 467 g/mol. The van der Waals surface area contributed by atoms with Gasteiger partial charge in [0.05, 0.1) is 23.0 Å². The molecule has 0 unspecified atom stereocenters. The molecular formula is C19H17BrF2N4O3. The zero-order valence-electron chi connectivity index (χ0n) is 15.5. The van der Waals surface area contributed by atoms with Crippen molar-refractivity contribution in [1.82, 2.24) is 20.3 Å². The molecule has 0 aliphatic carbocycles. The van der Waals surface area contributed by atoms with Crippen LogP contribution in [-0.4, -0.2) is 34.6 Å². The molecule has 0 radical (unpaired) electrons. The van der Waals surface area contributed by atoms with Gasteiger partial charge in [-0.25, -0.2) is 4.68 Å². The Bertz CT molecular complexity index is 1010. The molecule has 1 heterocycles. The Morgan fingerprint density at radius 3 is 2.59 bits per heavy atom. The second kappa shape index (κ2) is 8.99. The van der Waals surface area contributed by atoms with Gasteiger partial charge in [0.15, 0.2) is 5.69 Å². The first kappa shape index (κ1) is 20.7. The number of carbonyl (C=O) groups is 1. The van der Waals surface area contributed by atoms with Crippen LogP contribution >= 0.6 is 15.9 Å². The van der Waals surface area contributed by atoms with E-state index in [1.165, 1.54) is 16.8 Å². The van der Waals surface area contributed by atoms with E-state index in [4.69, 9.17) is 4.74 Å². The molecule has 0 atom stereocenters. The molecule has 0 saturated carbocycles. The van der Waals surface area contributed by atoms with Crippen LogP contribution in [0.1, 0.15) is 21.7 Å². The maximum absolute atomic E-state index is 12.5. The van der Waals surface area contributed by atoms with Gasteiger partial charge in [-0.15, -0.1) is 5.10 Å². The average Bonchev–Trinajstić information content (AvgIpc) is 3.08. The third kappa shape index (κ3) is 4.89. The summed E-state index contributed by atoms with van der Waals surface area (Å²) in [6, 6.07) is 11.4. The number of aromatic nitrogens is 3. The highest BCUT2D eigenvalue weighted by Crippen LogP contribution is 2.25. The van der Waals surface area contributed by atoms with Gasteiger partial charge in [0.1, 0.15) is 11.5 Å². The lowest BCUT2D eigenvalue weighted by Gasteiger charge is -2.08. The van der Waals surface area contributed by atoms with Crippen molar-refractivity contribution in [2.24, 2.45) is 0 Å². The van der Waals surface area contributed by atoms with Crippen LogP contribution in [-0.2, 0) is 6.54 Å². The molecule has 1 N–H and O–H groups in total. The smallest absolute Gasteiger partial charge is 0.387 e. The molecule has 0 bridgehead atoms. The van der Waals surface area contributed by atoms with E-state index in [1.807, 2.05) is 12.1 Å². The van der Waals surface area contributed by atoms with E-state index in [9.17, 15) is 13.6 Å². The van der Waals surface area contributed by atoms with Crippen LogP contribution in [0.5, 0.6) is 11.5 Å². The fourth-order valence-corrected chi connectivity index (χ4v) is 3.23. The van der Waals surface area contributed by atoms with Crippen LogP contribution < -0.4 is 14.8 Å². The lowest BCUT2D eigenvalue weighted by Crippen LogP contribution is -2.24. The fourth-order valence-electron chi connectivity index (χ4n) is 2.64. The molecule has 29 heavy (non-hydrogen) atoms. The van der Waals surface area contributed by atoms with Gasteiger partial charge in [-0.1, -0.05) is 11.3 Å². The maximum atomic E-state index is 12.5. The molecule has 0 aliphatic heterocycles. The number of rotatable bonds is 7. The summed E-state index contributed by atoms with van der Waals surface area (Å²) in [6.07, 6.45) is 0. The SMILES string of the molecule is COc1ccc(CNC(=O)c2nnn(-c3ccc(OC(F)F)cc3)c2C)cc1Br. The molecule has 3 aromatic rings. The Morgan fingerprint density at radius 1 is 1.24 bits per heavy atom. The first-order valence-electron chi connectivity index (χ1n) is 8.47. The van der Waals surface area contributed by atoms with Gasteiger partial charge in [0.2, 0.25) is 0 Å². The highest BCUT2D eigenvalue weighted by Gasteiger charge is 2.17. The predicted octanol–water partition coefficient (Wildman–Crippen LogP) is 3.88. The molecule has 0 spiro atoms. The molecule has 2 aromatic carbocycles. The van der Waals surface area contributed by atoms with Crippen LogP contribution in [0.3, 0.4) is 0 Å². The van der Waals surface area contributed by atoms with E-state index in [0.717, 1.165) is 10.0 Å². The Labute approximate surface area is 173 Å². The highest BCUT2D eigenvalue weighted by atomic mass is 79.9. The Morgan fingerprint density at radius 2 is 1.97 bits per heavy atom. The number of nitrogens with zero attached hydrogens (tertiary/aromatic N) is 3. The van der Waals surface area contributed by atoms with Crippen LogP contribution in [0, 0.1) is 6.92 Å². The molecule has 1 aromatic heterocycles. The van der Waals surface area contributed by atoms with Gasteiger partial charge in [0, 0.05) is 6.54 Å². The van der Waals surface area contributed by atoms with Crippen molar-refractivity contribution >= 4 is 21.8 Å². The third-order valence-electron chi connectivity index (χ3n) is 4.09. The quantitative estimate of drug-likeness (QED) is 0.571. The molecule has 152 valence electrons. The third-order valence-corrected chi connectivity index (χ3v) is 4.71. The van der Waals surface area contributed by atoms with Crippen molar-refractivity contribution in [1.29, 1.82) is 0 Å². The second-order valence-corrected chi connectivity index (χ2v) is 6.81. The van der Waals surface area contributed by atoms with Gasteiger partial charge in [0.25, 0.3) is 5.91 Å². The fraction of sp³-hybridized carbons (Fsp3) is 0.211. The summed E-state index contributed by atoms with van der Waals surface area (Å²) in [5.41, 5.74) is 2.13. The number of carbonyl (C=O) groups excluding carboxylic acids is 1. The number of hydrogen-bond donors (Lipinski definition) is 1. The van der Waals surface area contributed by atoms with Crippen molar-refractivity contribution in [3.8, 4) is 17.2 Å². The molecule has 1 amide bonds. The highest BCUT2D eigenvalue weighted by molar-refractivity contribution is 9.10. The van der Waals surface area contributed by atoms with Crippen molar-refractivity contribution < 1.29 is 23.0 Å². The van der Waals surface area contributed by atoms with Gasteiger partial charge in [-0.2, -0.15) is 8.78 Å². The van der Waals surface area contributed by atoms with Crippen molar-refractivity contribution in [2.75, 3.05) is 7.11 Å². The minimum Gasteiger partial charge on any atom is -0.496 e. The predicted molar refractivity (Wildman–Crippen MR) is 105 cm³/mol. The summed E-state index contributed by atoms with van der Waals surface area (Å²) in [5, 5.41) is 10.7. The zero-order valence-corrected chi connectivity index (χ0v) is 17.1. The van der Waals surface area contributed by atoms with Crippen LogP contribution in [0.15, 0.2) is 46.9 Å². The lowest BCUT2D eigenvalue weighted by molar-refractivity contribution is -0.0498. The Hall–Kier alpha value is -3.01. The normalized spacial score (nSPS) is 10.8. The number of benzene rings is 2. The Kier molecular flexibility index (Phi) is 6.42. The summed E-state index contributed by atoms with van der Waals surface area (Å²) in [4.78, 5) is 12.5. The van der Waals surface area contributed by atoms with E-state index in [1.54, 1.807) is 32.2 Å². The van der Waals surface area contributed by atoms with Crippen molar-refractivity contribution in [2.45, 2.75) is 20.1 Å². The molecule has 0 aliphatic rings. The largest absolute Gasteiger partial charge is 0.496 e. The number of hydrogen-bond acceptors (Lipinski definition) is 5. The second-order valence-electron chi connectivity index (χ2n) is 5.96. The van der Waals surface area contributed by atoms with E-state index in [-0.39, 0.29) is 17.4 Å². The number of ether oxygens (including phenoxy) is 2. The minimum atomic E-state index is -2.89. The van der Waals surface area contributed by atoms with E-state index in [0.29, 0.717) is 23.7 Å². The van der Waals surface area contributed by atoms with Gasteiger partial charge in [-0.05, 0) is 64.8 Å². The molecule has 0 fully saturated rings. The maximum Gasteiger partial charge on any atom is 0.387 e. The van der Waals surface area contributed by atoms with Crippen molar-refractivity contribution in [3.63, 3.8) is 0 Å². The molecule has 3 rings (SSSR count). The van der Waals surface area contributed by atoms with Crippen LogP contribution in [0.4, 0.5) is 8.78 Å². The lowest BCUT2D eigenvalue weighted by atomic mass is 10.2. The Balaban J connectivity index is 1.69. The van der Waals surface area contributed by atoms with Crippen LogP contribution in [0.25, 0.3) is 5.69 Å². The number of methoxy groups -OCH3 is 1. The number of nitrogens with one attached hydrogen (secondary N) is 1. The topological polar surface area (TPSA) is 78.3 Å². The molecular weight excluding hydrogens is 450 g/mol. The van der Waals surface area contributed by atoms with Gasteiger partial charge >= 0.3 is 6.61 Å². The van der Waals surface area contributed by atoms with E-state index in [2.05, 4.69) is 36.3 Å². The van der Waals surface area contributed by atoms with Gasteiger partial charge in [-0.3, -0.25) is 4.79 Å². The first-order chi connectivity index (χ1) is 13.9. The molecule has 7 nitrogen and oxygen atoms in total. The summed E-state index contributed by atoms with van der Waals surface area (Å²) in [6.45, 7) is -0.897. The first-order valence-corrected chi connectivity index (χ1v) is 9.26. The van der Waals surface area contributed by atoms with E-state index >= 15 is 0 Å². The van der Waals surface area contributed by atoms with Crippen molar-refractivity contribution in [3.05, 3.63) is 63.9 Å². The van der Waals surface area contributed by atoms with E-state index < -0.39 is 6.61 Å². The number of alkyl halides is 2. The standard InChI is InChI=1S/C19H17BrF2N4O3/c1-11-17(18(27)23-10-12-3-8-16(28-2)15(20)9-12)24-25-26(11)13-4-6-14(7-5-13)29-19(21)22/h3-9,19H,10H2,1-2H3,(H,23,27). The summed E-state index contributed by atoms with van der Waals surface area (Å²) in [7, 11) is 1.58. The van der Waals surface area contributed by atoms with Crippen LogP contribution in [0.2, 0.25) is 0 Å². The summed E-state index contributed by atoms with van der Waals surface area (Å²) < 4.78 is 36.2. The number of amides is 1. The monoisotopic (exact) mass is 466 g/mol. The van der Waals surface area contributed by atoms with Gasteiger partial charge < -0.3 is 14.8 Å². The summed E-state index contributed by atoms with van der Waals surface area (Å²) >= 11 is 3.40. The molecule has 10 heteroatoms.